The summed E-state index contributed by atoms with van der Waals surface area (Å²) in [5, 5.41) is 16.8. The van der Waals surface area contributed by atoms with E-state index in [1.807, 2.05) is 19.0 Å². The Morgan fingerprint density at radius 1 is 1.40 bits per heavy atom. The highest BCUT2D eigenvalue weighted by Gasteiger charge is 2.21. The molecule has 8 heteroatoms. The summed E-state index contributed by atoms with van der Waals surface area (Å²) >= 11 is 1.79. The summed E-state index contributed by atoms with van der Waals surface area (Å²) in [5.74, 6) is 3.22. The molecule has 20 heavy (non-hydrogen) atoms. The number of thioether (sulfide) groups is 1. The van der Waals surface area contributed by atoms with Gasteiger partial charge in [0.25, 0.3) is 5.78 Å². The van der Waals surface area contributed by atoms with Crippen molar-refractivity contribution in [2.75, 3.05) is 43.2 Å². The highest BCUT2D eigenvalue weighted by Crippen LogP contribution is 2.35. The van der Waals surface area contributed by atoms with Crippen LogP contribution in [0.2, 0.25) is 0 Å². The number of aryl methyl sites for hydroxylation is 1. The largest absolute Gasteiger partial charge is 0.395 e. The van der Waals surface area contributed by atoms with Gasteiger partial charge in [0.05, 0.1) is 17.2 Å². The van der Waals surface area contributed by atoms with Crippen molar-refractivity contribution < 1.29 is 5.11 Å². The summed E-state index contributed by atoms with van der Waals surface area (Å²) in [6.07, 6.45) is 2.10. The molecule has 2 N–H and O–H groups in total. The molecular weight excluding hydrogens is 276 g/mol. The highest BCUT2D eigenvalue weighted by atomic mass is 32.2. The van der Waals surface area contributed by atoms with E-state index < -0.39 is 0 Å². The van der Waals surface area contributed by atoms with Gasteiger partial charge in [-0.2, -0.15) is 9.50 Å². The maximum atomic E-state index is 9.06. The molecule has 0 unspecified atom stereocenters. The molecule has 0 bridgehead atoms. The Hall–Kier alpha value is -1.54. The third-order valence-electron chi connectivity index (χ3n) is 3.11. The maximum Gasteiger partial charge on any atom is 0.256 e. The average molecular weight is 294 g/mol. The minimum absolute atomic E-state index is 0.0818. The van der Waals surface area contributed by atoms with Crippen molar-refractivity contribution in [2.24, 2.45) is 0 Å². The van der Waals surface area contributed by atoms with Crippen molar-refractivity contribution in [1.82, 2.24) is 19.6 Å². The first-order valence-electron chi connectivity index (χ1n) is 6.65. The van der Waals surface area contributed by atoms with E-state index in [2.05, 4.69) is 20.4 Å². The van der Waals surface area contributed by atoms with Crippen LogP contribution in [-0.4, -0.2) is 57.7 Å². The molecular formula is C12H18N6OS. The molecule has 1 aliphatic rings. The molecule has 0 aromatic carbocycles. The first-order chi connectivity index (χ1) is 9.70. The number of rotatable bonds is 4. The second-order valence-electron chi connectivity index (χ2n) is 4.86. The second kappa shape index (κ2) is 5.45. The van der Waals surface area contributed by atoms with E-state index in [0.717, 1.165) is 35.0 Å². The first kappa shape index (κ1) is 13.4. The SMILES string of the molecule is CN(C)c1nc2nc3c(c(NCCO)n2n1)SCCC3. The quantitative estimate of drug-likeness (QED) is 0.856. The Bertz CT molecular complexity index is 626. The molecule has 0 amide bonds. The number of nitrogens with zero attached hydrogens (tertiary/aromatic N) is 5. The molecule has 7 nitrogen and oxygen atoms in total. The Morgan fingerprint density at radius 3 is 3.00 bits per heavy atom. The van der Waals surface area contributed by atoms with Crippen LogP contribution in [0.3, 0.4) is 0 Å². The second-order valence-corrected chi connectivity index (χ2v) is 5.96. The van der Waals surface area contributed by atoms with Crippen LogP contribution < -0.4 is 10.2 Å². The smallest absolute Gasteiger partial charge is 0.256 e. The lowest BCUT2D eigenvalue weighted by atomic mass is 10.2. The van der Waals surface area contributed by atoms with Gasteiger partial charge in [-0.05, 0) is 18.6 Å². The van der Waals surface area contributed by atoms with Crippen molar-refractivity contribution in [2.45, 2.75) is 17.7 Å². The molecule has 2 aromatic heterocycles. The predicted molar refractivity (Wildman–Crippen MR) is 79.7 cm³/mol. The van der Waals surface area contributed by atoms with Gasteiger partial charge in [-0.25, -0.2) is 4.98 Å². The zero-order chi connectivity index (χ0) is 14.1. The normalized spacial score (nSPS) is 14.3. The van der Waals surface area contributed by atoms with E-state index in [9.17, 15) is 0 Å². The van der Waals surface area contributed by atoms with Crippen LogP contribution in [0.25, 0.3) is 5.78 Å². The molecule has 108 valence electrons. The molecule has 3 rings (SSSR count). The zero-order valence-electron chi connectivity index (χ0n) is 11.6. The Balaban J connectivity index is 2.17. The number of aliphatic hydroxyl groups is 1. The van der Waals surface area contributed by atoms with Crippen molar-refractivity contribution in [3.63, 3.8) is 0 Å². The van der Waals surface area contributed by atoms with Crippen LogP contribution in [0.5, 0.6) is 0 Å². The van der Waals surface area contributed by atoms with Crippen molar-refractivity contribution in [3.05, 3.63) is 5.69 Å². The first-order valence-corrected chi connectivity index (χ1v) is 7.64. The van der Waals surface area contributed by atoms with Gasteiger partial charge in [-0.15, -0.1) is 16.9 Å². The van der Waals surface area contributed by atoms with Crippen molar-refractivity contribution in [1.29, 1.82) is 0 Å². The molecule has 0 atom stereocenters. The van der Waals surface area contributed by atoms with Gasteiger partial charge in [0.2, 0.25) is 5.95 Å². The predicted octanol–water partition coefficient (Wildman–Crippen LogP) is 0.633. The fourth-order valence-electron chi connectivity index (χ4n) is 2.17. The van der Waals surface area contributed by atoms with E-state index in [4.69, 9.17) is 5.11 Å². The summed E-state index contributed by atoms with van der Waals surface area (Å²) in [6.45, 7) is 0.571. The lowest BCUT2D eigenvalue weighted by Gasteiger charge is -2.18. The molecule has 0 spiro atoms. The third kappa shape index (κ3) is 2.29. The molecule has 0 saturated carbocycles. The van der Waals surface area contributed by atoms with Crippen LogP contribution in [0.15, 0.2) is 4.90 Å². The number of anilines is 2. The molecule has 3 heterocycles. The van der Waals surface area contributed by atoms with Crippen LogP contribution in [0, 0.1) is 0 Å². The van der Waals surface area contributed by atoms with Gasteiger partial charge in [0.1, 0.15) is 5.82 Å². The standard InChI is InChI=1S/C12H18N6OS/c1-17(2)12-15-11-14-8-4-3-7-20-9(8)10(13-5-6-19)18(11)16-12/h13,19H,3-7H2,1-2H3. The number of nitrogens with one attached hydrogen (secondary N) is 1. The van der Waals surface area contributed by atoms with E-state index in [-0.39, 0.29) is 6.61 Å². The van der Waals surface area contributed by atoms with Crippen molar-refractivity contribution >= 4 is 29.3 Å². The number of fused-ring (bicyclic) bond motifs is 2. The molecule has 0 aliphatic carbocycles. The van der Waals surface area contributed by atoms with Crippen LogP contribution >= 0.6 is 11.8 Å². The van der Waals surface area contributed by atoms with E-state index in [0.29, 0.717) is 18.3 Å². The summed E-state index contributed by atoms with van der Waals surface area (Å²) in [5.41, 5.74) is 1.08. The summed E-state index contributed by atoms with van der Waals surface area (Å²) in [4.78, 5) is 12.1. The lowest BCUT2D eigenvalue weighted by molar-refractivity contribution is 0.310. The van der Waals surface area contributed by atoms with Gasteiger partial charge in [-0.3, -0.25) is 0 Å². The maximum absolute atomic E-state index is 9.06. The van der Waals surface area contributed by atoms with Gasteiger partial charge in [-0.1, -0.05) is 0 Å². The van der Waals surface area contributed by atoms with Gasteiger partial charge in [0, 0.05) is 20.6 Å². The zero-order valence-corrected chi connectivity index (χ0v) is 12.4. The molecule has 2 aromatic rings. The molecule has 1 aliphatic heterocycles. The number of aliphatic hydroxyl groups excluding tert-OH is 1. The van der Waals surface area contributed by atoms with Crippen molar-refractivity contribution in [3.8, 4) is 0 Å². The molecule has 0 saturated heterocycles. The summed E-state index contributed by atoms with van der Waals surface area (Å²) in [6, 6.07) is 0. The van der Waals surface area contributed by atoms with Gasteiger partial charge >= 0.3 is 0 Å². The summed E-state index contributed by atoms with van der Waals surface area (Å²) in [7, 11) is 3.81. The minimum atomic E-state index is 0.0818. The average Bonchev–Trinajstić information content (AvgIpc) is 2.87. The fourth-order valence-corrected chi connectivity index (χ4v) is 3.28. The number of hydrogen-bond donors (Lipinski definition) is 2. The number of aromatic nitrogens is 4. The summed E-state index contributed by atoms with van der Waals surface area (Å²) < 4.78 is 1.74. The topological polar surface area (TPSA) is 78.6 Å². The number of hydrogen-bond acceptors (Lipinski definition) is 7. The van der Waals surface area contributed by atoms with Crippen LogP contribution in [0.1, 0.15) is 12.1 Å². The Labute approximate surface area is 121 Å². The van der Waals surface area contributed by atoms with Crippen LogP contribution in [-0.2, 0) is 6.42 Å². The Kier molecular flexibility index (Phi) is 3.66. The van der Waals surface area contributed by atoms with Gasteiger partial charge < -0.3 is 15.3 Å². The van der Waals surface area contributed by atoms with E-state index in [1.165, 1.54) is 0 Å². The minimum Gasteiger partial charge on any atom is -0.395 e. The molecule has 0 radical (unpaired) electrons. The monoisotopic (exact) mass is 294 g/mol. The lowest BCUT2D eigenvalue weighted by Crippen LogP contribution is -2.15. The van der Waals surface area contributed by atoms with E-state index in [1.54, 1.807) is 16.3 Å². The van der Waals surface area contributed by atoms with Gasteiger partial charge in [0.15, 0.2) is 0 Å². The fraction of sp³-hybridized carbons (Fsp3) is 0.583. The van der Waals surface area contributed by atoms with Crippen LogP contribution in [0.4, 0.5) is 11.8 Å². The third-order valence-corrected chi connectivity index (χ3v) is 4.32. The highest BCUT2D eigenvalue weighted by molar-refractivity contribution is 7.99. The van der Waals surface area contributed by atoms with E-state index >= 15 is 0 Å². The molecule has 0 fully saturated rings. The Morgan fingerprint density at radius 2 is 2.25 bits per heavy atom.